The topological polar surface area (TPSA) is 26.3 Å². The Bertz CT molecular complexity index is 391. The van der Waals surface area contributed by atoms with Gasteiger partial charge < -0.3 is 4.74 Å². The van der Waals surface area contributed by atoms with Gasteiger partial charge in [0.1, 0.15) is 5.75 Å². The molecule has 17 heavy (non-hydrogen) atoms. The van der Waals surface area contributed by atoms with E-state index in [1.54, 1.807) is 0 Å². The largest absolute Gasteiger partial charge is 0.573 e. The first kappa shape index (κ1) is 13.9. The lowest BCUT2D eigenvalue weighted by Crippen LogP contribution is -2.17. The van der Waals surface area contributed by atoms with Crippen LogP contribution in [0.15, 0.2) is 24.3 Å². The number of rotatable bonds is 5. The summed E-state index contributed by atoms with van der Waals surface area (Å²) in [6.07, 6.45) is -2.58. The van der Waals surface area contributed by atoms with Crippen LogP contribution in [0.5, 0.6) is 5.75 Å². The summed E-state index contributed by atoms with van der Waals surface area (Å²) in [6, 6.07) is 5.12. The van der Waals surface area contributed by atoms with Crippen molar-refractivity contribution in [2.75, 3.05) is 12.0 Å². The van der Waals surface area contributed by atoms with Crippen molar-refractivity contribution in [3.8, 4) is 5.75 Å². The number of ether oxygens (including phenoxy) is 1. The molecule has 0 aliphatic rings. The maximum Gasteiger partial charge on any atom is 0.573 e. The summed E-state index contributed by atoms with van der Waals surface area (Å²) in [6.45, 7) is 0. The SMILES string of the molecule is CSCCC(=O)c1cccc(OC(F)(F)F)c1. The number of hydrogen-bond donors (Lipinski definition) is 0. The number of Topliss-reactive ketones (excluding diaryl/α,β-unsaturated/α-hetero) is 1. The average Bonchev–Trinajstić information content (AvgIpc) is 2.24. The molecule has 0 N–H and O–H groups in total. The van der Waals surface area contributed by atoms with Crippen LogP contribution in [0, 0.1) is 0 Å². The molecule has 1 aromatic rings. The van der Waals surface area contributed by atoms with Crippen LogP contribution in [0.4, 0.5) is 13.2 Å². The Balaban J connectivity index is 2.75. The minimum Gasteiger partial charge on any atom is -0.406 e. The quantitative estimate of drug-likeness (QED) is 0.761. The maximum atomic E-state index is 12.0. The summed E-state index contributed by atoms with van der Waals surface area (Å²) in [7, 11) is 0. The molecule has 0 atom stereocenters. The van der Waals surface area contributed by atoms with E-state index in [2.05, 4.69) is 4.74 Å². The second kappa shape index (κ2) is 5.95. The molecule has 0 aromatic heterocycles. The zero-order valence-corrected chi connectivity index (χ0v) is 9.90. The minimum atomic E-state index is -4.74. The smallest absolute Gasteiger partial charge is 0.406 e. The van der Waals surface area contributed by atoms with E-state index >= 15 is 0 Å². The molecule has 0 bridgehead atoms. The van der Waals surface area contributed by atoms with Gasteiger partial charge in [0, 0.05) is 17.7 Å². The summed E-state index contributed by atoms with van der Waals surface area (Å²) >= 11 is 1.51. The summed E-state index contributed by atoms with van der Waals surface area (Å²) < 4.78 is 39.6. The normalized spacial score (nSPS) is 11.3. The molecule has 0 saturated carbocycles. The Morgan fingerprint density at radius 1 is 1.41 bits per heavy atom. The lowest BCUT2D eigenvalue weighted by atomic mass is 10.1. The Kier molecular flexibility index (Phi) is 4.86. The van der Waals surface area contributed by atoms with E-state index in [1.807, 2.05) is 6.26 Å². The predicted molar refractivity (Wildman–Crippen MR) is 60.5 cm³/mol. The highest BCUT2D eigenvalue weighted by atomic mass is 32.2. The number of hydrogen-bond acceptors (Lipinski definition) is 3. The summed E-state index contributed by atoms with van der Waals surface area (Å²) in [5.41, 5.74) is 0.237. The van der Waals surface area contributed by atoms with Crippen molar-refractivity contribution in [3.63, 3.8) is 0 Å². The van der Waals surface area contributed by atoms with Crippen molar-refractivity contribution in [2.24, 2.45) is 0 Å². The van der Waals surface area contributed by atoms with Crippen molar-refractivity contribution in [1.29, 1.82) is 0 Å². The van der Waals surface area contributed by atoms with E-state index in [0.717, 1.165) is 6.07 Å². The first-order valence-electron chi connectivity index (χ1n) is 4.80. The van der Waals surface area contributed by atoms with Gasteiger partial charge in [0.25, 0.3) is 0 Å². The molecule has 94 valence electrons. The molecule has 0 aliphatic heterocycles. The molecular weight excluding hydrogens is 253 g/mol. The van der Waals surface area contributed by atoms with E-state index in [9.17, 15) is 18.0 Å². The number of alkyl halides is 3. The van der Waals surface area contributed by atoms with Gasteiger partial charge in [-0.25, -0.2) is 0 Å². The highest BCUT2D eigenvalue weighted by molar-refractivity contribution is 7.98. The maximum absolute atomic E-state index is 12.0. The van der Waals surface area contributed by atoms with Crippen LogP contribution in [0.2, 0.25) is 0 Å². The van der Waals surface area contributed by atoms with Gasteiger partial charge in [-0.05, 0) is 18.4 Å². The highest BCUT2D eigenvalue weighted by Gasteiger charge is 2.31. The van der Waals surface area contributed by atoms with Gasteiger partial charge in [-0.15, -0.1) is 13.2 Å². The number of carbonyl (C=O) groups is 1. The minimum absolute atomic E-state index is 0.188. The van der Waals surface area contributed by atoms with Crippen molar-refractivity contribution in [1.82, 2.24) is 0 Å². The van der Waals surface area contributed by atoms with Crippen LogP contribution in [0.3, 0.4) is 0 Å². The van der Waals surface area contributed by atoms with Crippen LogP contribution < -0.4 is 4.74 Å². The van der Waals surface area contributed by atoms with Gasteiger partial charge in [0.2, 0.25) is 0 Å². The molecule has 0 unspecified atom stereocenters. The molecule has 0 amide bonds. The summed E-state index contributed by atoms with van der Waals surface area (Å²) in [4.78, 5) is 11.6. The molecule has 1 rings (SSSR count). The fourth-order valence-corrected chi connectivity index (χ4v) is 1.60. The highest BCUT2D eigenvalue weighted by Crippen LogP contribution is 2.23. The molecule has 2 nitrogen and oxygen atoms in total. The standard InChI is InChI=1S/C11H11F3O2S/c1-17-6-5-10(15)8-3-2-4-9(7-8)16-11(12,13)14/h2-4,7H,5-6H2,1H3. The van der Waals surface area contributed by atoms with Crippen molar-refractivity contribution >= 4 is 17.5 Å². The van der Waals surface area contributed by atoms with Crippen LogP contribution >= 0.6 is 11.8 Å². The molecule has 0 fully saturated rings. The van der Waals surface area contributed by atoms with Gasteiger partial charge in [0.05, 0.1) is 0 Å². The number of thioether (sulfide) groups is 1. The first-order chi connectivity index (χ1) is 7.92. The Morgan fingerprint density at radius 2 is 2.12 bits per heavy atom. The molecule has 0 spiro atoms. The third kappa shape index (κ3) is 5.12. The van der Waals surface area contributed by atoms with Crippen LogP contribution in [-0.4, -0.2) is 24.2 Å². The monoisotopic (exact) mass is 264 g/mol. The van der Waals surface area contributed by atoms with Crippen molar-refractivity contribution in [2.45, 2.75) is 12.8 Å². The van der Waals surface area contributed by atoms with Crippen LogP contribution in [0.1, 0.15) is 16.8 Å². The van der Waals surface area contributed by atoms with E-state index in [4.69, 9.17) is 0 Å². The zero-order chi connectivity index (χ0) is 12.9. The van der Waals surface area contributed by atoms with Gasteiger partial charge in [-0.2, -0.15) is 11.8 Å². The van der Waals surface area contributed by atoms with E-state index < -0.39 is 6.36 Å². The lowest BCUT2D eigenvalue weighted by molar-refractivity contribution is -0.274. The predicted octanol–water partition coefficient (Wildman–Crippen LogP) is 3.52. The van der Waals surface area contributed by atoms with Crippen molar-refractivity contribution in [3.05, 3.63) is 29.8 Å². The number of halogens is 3. The van der Waals surface area contributed by atoms with Crippen LogP contribution in [-0.2, 0) is 0 Å². The van der Waals surface area contributed by atoms with Gasteiger partial charge in [-0.1, -0.05) is 12.1 Å². The number of carbonyl (C=O) groups excluding carboxylic acids is 1. The number of benzene rings is 1. The fourth-order valence-electron chi connectivity index (χ4n) is 1.21. The summed E-state index contributed by atoms with van der Waals surface area (Å²) in [5.74, 6) is 0.0860. The third-order valence-corrected chi connectivity index (χ3v) is 2.54. The first-order valence-corrected chi connectivity index (χ1v) is 6.20. The van der Waals surface area contributed by atoms with Crippen LogP contribution in [0.25, 0.3) is 0 Å². The Labute approximate surface area is 101 Å². The second-order valence-electron chi connectivity index (χ2n) is 3.24. The third-order valence-electron chi connectivity index (χ3n) is 1.92. The molecule has 0 aliphatic carbocycles. The van der Waals surface area contributed by atoms with E-state index in [1.165, 1.54) is 30.0 Å². The number of ketones is 1. The summed E-state index contributed by atoms with van der Waals surface area (Å²) in [5, 5.41) is 0. The molecule has 6 heteroatoms. The van der Waals surface area contributed by atoms with Crippen molar-refractivity contribution < 1.29 is 22.7 Å². The fraction of sp³-hybridized carbons (Fsp3) is 0.364. The van der Waals surface area contributed by atoms with Gasteiger partial charge >= 0.3 is 6.36 Å². The van der Waals surface area contributed by atoms with E-state index in [0.29, 0.717) is 12.2 Å². The van der Waals surface area contributed by atoms with E-state index in [-0.39, 0.29) is 17.1 Å². The second-order valence-corrected chi connectivity index (χ2v) is 4.23. The Morgan fingerprint density at radius 3 is 2.71 bits per heavy atom. The molecule has 0 radical (unpaired) electrons. The van der Waals surface area contributed by atoms with Gasteiger partial charge in [-0.3, -0.25) is 4.79 Å². The van der Waals surface area contributed by atoms with Gasteiger partial charge in [0.15, 0.2) is 5.78 Å². The Hall–Kier alpha value is -1.17. The lowest BCUT2D eigenvalue weighted by Gasteiger charge is -2.09. The molecule has 1 aromatic carbocycles. The zero-order valence-electron chi connectivity index (χ0n) is 9.08. The molecule has 0 heterocycles. The molecular formula is C11H11F3O2S. The molecule has 0 saturated heterocycles. The average molecular weight is 264 g/mol.